The number of nitrogens with one attached hydrogen (secondary N) is 1. The van der Waals surface area contributed by atoms with Crippen LogP contribution in [0.4, 0.5) is 4.39 Å². The molecule has 2 rings (SSSR count). The molecule has 0 aromatic heterocycles. The molecule has 2 unspecified atom stereocenters. The fraction of sp³-hybridized carbons (Fsp3) is 0.471. The van der Waals surface area contributed by atoms with Gasteiger partial charge in [0.2, 0.25) is 0 Å². The molecule has 0 saturated heterocycles. The second-order valence-corrected chi connectivity index (χ2v) is 5.54. The normalized spacial score (nSPS) is 21.3. The highest BCUT2D eigenvalue weighted by molar-refractivity contribution is 5.97. The van der Waals surface area contributed by atoms with Crippen molar-refractivity contribution in [3.63, 3.8) is 0 Å². The molecule has 0 radical (unpaired) electrons. The molecular weight excluding hydrogens is 267 g/mol. The van der Waals surface area contributed by atoms with Gasteiger partial charge in [0.05, 0.1) is 12.1 Å². The lowest BCUT2D eigenvalue weighted by Crippen LogP contribution is -2.41. The highest BCUT2D eigenvalue weighted by atomic mass is 19.1. The Bertz CT molecular complexity index is 574. The van der Waals surface area contributed by atoms with E-state index in [1.54, 1.807) is 0 Å². The van der Waals surface area contributed by atoms with Crippen molar-refractivity contribution in [2.45, 2.75) is 38.6 Å². The lowest BCUT2D eigenvalue weighted by atomic mass is 9.86. The number of carbonyl (C=O) groups excluding carboxylic acids is 1. The second kappa shape index (κ2) is 7.24. The van der Waals surface area contributed by atoms with Crippen LogP contribution in [0.1, 0.15) is 48.5 Å². The van der Waals surface area contributed by atoms with Crippen molar-refractivity contribution in [2.75, 3.05) is 6.54 Å². The fourth-order valence-electron chi connectivity index (χ4n) is 2.74. The molecule has 21 heavy (non-hydrogen) atoms. The first-order valence-corrected chi connectivity index (χ1v) is 7.41. The summed E-state index contributed by atoms with van der Waals surface area (Å²) < 4.78 is 13.3. The molecular formula is C17H21FN2O. The molecule has 2 atom stereocenters. The van der Waals surface area contributed by atoms with E-state index in [1.807, 2.05) is 0 Å². The Balaban J connectivity index is 2.18. The van der Waals surface area contributed by atoms with Crippen LogP contribution >= 0.6 is 0 Å². The lowest BCUT2D eigenvalue weighted by molar-refractivity contribution is 0.0910. The van der Waals surface area contributed by atoms with Gasteiger partial charge in [-0.15, -0.1) is 0 Å². The van der Waals surface area contributed by atoms with Gasteiger partial charge in [-0.3, -0.25) is 4.79 Å². The van der Waals surface area contributed by atoms with Crippen LogP contribution in [0.3, 0.4) is 0 Å². The summed E-state index contributed by atoms with van der Waals surface area (Å²) in [7, 11) is 0. The molecule has 4 heteroatoms. The molecule has 1 aliphatic carbocycles. The van der Waals surface area contributed by atoms with Gasteiger partial charge in [-0.25, -0.2) is 4.39 Å². The molecule has 3 N–H and O–H groups in total. The van der Waals surface area contributed by atoms with Gasteiger partial charge < -0.3 is 11.1 Å². The second-order valence-electron chi connectivity index (χ2n) is 5.54. The molecule has 1 fully saturated rings. The summed E-state index contributed by atoms with van der Waals surface area (Å²) in [4.78, 5) is 12.4. The van der Waals surface area contributed by atoms with E-state index in [-0.39, 0.29) is 18.5 Å². The maximum absolute atomic E-state index is 13.3. The summed E-state index contributed by atoms with van der Waals surface area (Å²) in [6, 6.07) is 4.24. The van der Waals surface area contributed by atoms with Crippen molar-refractivity contribution in [2.24, 2.45) is 11.7 Å². The minimum atomic E-state index is -0.404. The molecule has 1 aromatic rings. The minimum absolute atomic E-state index is 0.178. The average Bonchev–Trinajstić information content (AvgIpc) is 2.47. The van der Waals surface area contributed by atoms with Crippen LogP contribution in [0, 0.1) is 23.6 Å². The third kappa shape index (κ3) is 4.05. The van der Waals surface area contributed by atoms with E-state index in [0.29, 0.717) is 17.0 Å². The molecule has 1 aliphatic rings. The van der Waals surface area contributed by atoms with E-state index in [1.165, 1.54) is 24.6 Å². The maximum Gasteiger partial charge on any atom is 0.252 e. The van der Waals surface area contributed by atoms with Gasteiger partial charge in [0.25, 0.3) is 5.91 Å². The average molecular weight is 288 g/mol. The zero-order valence-electron chi connectivity index (χ0n) is 12.3. The van der Waals surface area contributed by atoms with Crippen molar-refractivity contribution in [3.8, 4) is 11.8 Å². The third-order valence-corrected chi connectivity index (χ3v) is 3.98. The number of benzene rings is 1. The molecule has 1 amide bonds. The number of hydrogen-bond acceptors (Lipinski definition) is 2. The van der Waals surface area contributed by atoms with Gasteiger partial charge in [-0.1, -0.05) is 31.6 Å². The van der Waals surface area contributed by atoms with Crippen molar-refractivity contribution in [3.05, 3.63) is 35.1 Å². The Morgan fingerprint density at radius 2 is 2.19 bits per heavy atom. The van der Waals surface area contributed by atoms with Crippen molar-refractivity contribution >= 4 is 5.91 Å². The lowest BCUT2D eigenvalue weighted by Gasteiger charge is -2.29. The number of rotatable bonds is 2. The third-order valence-electron chi connectivity index (χ3n) is 3.98. The first-order valence-electron chi connectivity index (χ1n) is 7.41. The van der Waals surface area contributed by atoms with Crippen LogP contribution in [0.5, 0.6) is 0 Å². The molecule has 0 spiro atoms. The van der Waals surface area contributed by atoms with Gasteiger partial charge >= 0.3 is 0 Å². The van der Waals surface area contributed by atoms with Gasteiger partial charge in [0, 0.05) is 11.6 Å². The van der Waals surface area contributed by atoms with Crippen LogP contribution in [0.25, 0.3) is 0 Å². The molecule has 1 aromatic carbocycles. The zero-order chi connectivity index (χ0) is 15.2. The largest absolute Gasteiger partial charge is 0.349 e. The Labute approximate surface area is 125 Å². The van der Waals surface area contributed by atoms with E-state index < -0.39 is 5.82 Å². The number of carbonyl (C=O) groups is 1. The van der Waals surface area contributed by atoms with Gasteiger partial charge in [-0.2, -0.15) is 0 Å². The van der Waals surface area contributed by atoms with Crippen molar-refractivity contribution < 1.29 is 9.18 Å². The van der Waals surface area contributed by atoms with Gasteiger partial charge in [0.15, 0.2) is 0 Å². The molecule has 0 aliphatic heterocycles. The van der Waals surface area contributed by atoms with E-state index >= 15 is 0 Å². The van der Waals surface area contributed by atoms with Crippen molar-refractivity contribution in [1.29, 1.82) is 0 Å². The first kappa shape index (κ1) is 15.5. The number of halogens is 1. The maximum atomic E-state index is 13.3. The number of hydrogen-bond donors (Lipinski definition) is 2. The summed E-state index contributed by atoms with van der Waals surface area (Å²) in [5, 5.41) is 3.06. The molecule has 112 valence electrons. The van der Waals surface area contributed by atoms with Crippen LogP contribution in [0.15, 0.2) is 18.2 Å². The van der Waals surface area contributed by atoms with E-state index in [2.05, 4.69) is 24.1 Å². The monoisotopic (exact) mass is 288 g/mol. The van der Waals surface area contributed by atoms with E-state index in [0.717, 1.165) is 19.3 Å². The first-order chi connectivity index (χ1) is 10.1. The van der Waals surface area contributed by atoms with Gasteiger partial charge in [0.1, 0.15) is 5.82 Å². The molecule has 1 saturated carbocycles. The predicted molar refractivity (Wildman–Crippen MR) is 81.2 cm³/mol. The Hall–Kier alpha value is -1.86. The van der Waals surface area contributed by atoms with Crippen LogP contribution in [-0.2, 0) is 0 Å². The highest BCUT2D eigenvalue weighted by Gasteiger charge is 2.24. The fourth-order valence-corrected chi connectivity index (χ4v) is 2.74. The summed E-state index contributed by atoms with van der Waals surface area (Å²) in [6.07, 6.45) is 4.49. The highest BCUT2D eigenvalue weighted by Crippen LogP contribution is 2.24. The molecule has 0 heterocycles. The standard InChI is InChI=1S/C17H21FN2O/c1-12-5-2-3-7-16(12)20-17(21)15-9-8-14(18)11-13(15)6-4-10-19/h8-9,11-12,16H,2-3,5,7,10,19H2,1H3,(H,20,21). The Morgan fingerprint density at radius 3 is 2.90 bits per heavy atom. The minimum Gasteiger partial charge on any atom is -0.349 e. The summed E-state index contributed by atoms with van der Waals surface area (Å²) in [5.74, 6) is 5.32. The van der Waals surface area contributed by atoms with Gasteiger partial charge in [-0.05, 0) is 37.0 Å². The smallest absolute Gasteiger partial charge is 0.252 e. The van der Waals surface area contributed by atoms with E-state index in [9.17, 15) is 9.18 Å². The zero-order valence-corrected chi connectivity index (χ0v) is 12.3. The molecule has 0 bridgehead atoms. The quantitative estimate of drug-likeness (QED) is 0.821. The van der Waals surface area contributed by atoms with Crippen LogP contribution in [-0.4, -0.2) is 18.5 Å². The predicted octanol–water partition coefficient (Wildman–Crippen LogP) is 2.44. The SMILES string of the molecule is CC1CCCCC1NC(=O)c1ccc(F)cc1C#CCN. The van der Waals surface area contributed by atoms with Crippen molar-refractivity contribution in [1.82, 2.24) is 5.32 Å². The van der Waals surface area contributed by atoms with Crippen LogP contribution in [0.2, 0.25) is 0 Å². The molecule has 3 nitrogen and oxygen atoms in total. The number of nitrogens with two attached hydrogens (primary N) is 1. The Morgan fingerprint density at radius 1 is 1.43 bits per heavy atom. The van der Waals surface area contributed by atoms with Crippen LogP contribution < -0.4 is 11.1 Å². The summed E-state index contributed by atoms with van der Waals surface area (Å²) in [5.41, 5.74) is 6.14. The topological polar surface area (TPSA) is 55.1 Å². The van der Waals surface area contributed by atoms with E-state index in [4.69, 9.17) is 5.73 Å². The summed E-state index contributed by atoms with van der Waals surface area (Å²) >= 11 is 0. The summed E-state index contributed by atoms with van der Waals surface area (Å²) in [6.45, 7) is 2.33. The number of amides is 1. The Kier molecular flexibility index (Phi) is 5.35.